The Hall–Kier alpha value is -5.79. The average Bonchev–Trinajstić information content (AvgIpc) is 3.04. The number of urea groups is 1. The van der Waals surface area contributed by atoms with E-state index < -0.39 is 47.7 Å². The molecule has 0 saturated carbocycles. The maximum Gasteiger partial charge on any atom is 0.490 e. The highest BCUT2D eigenvalue weighted by molar-refractivity contribution is 6.22. The standard InChI is InChI=1S/C27H27N5O5.2C2HF3O2/c1-17-15-19(22-5-3-4-6-23(22)28-17)16-37-21-9-7-20(8-10-21)27(24(34)29-26(36)30-25(27)35)32-13-11-31(12-14-32)18(2)33;2*3-2(4,5)1(6)7/h3-10,15H,11-14,16H2,1-2H3,(H2,29,30,34,35,36);2*(H,6,7). The number of barbiturate groups is 1. The lowest BCUT2D eigenvalue weighted by atomic mass is 9.84. The monoisotopic (exact) mass is 729 g/mol. The minimum absolute atomic E-state index is 0.0694. The molecule has 2 aromatic carbocycles. The summed E-state index contributed by atoms with van der Waals surface area (Å²) in [7, 11) is 0. The van der Waals surface area contributed by atoms with Gasteiger partial charge in [-0.15, -0.1) is 0 Å². The van der Waals surface area contributed by atoms with Crippen molar-refractivity contribution in [1.29, 1.82) is 0 Å². The van der Waals surface area contributed by atoms with Gasteiger partial charge in [0.2, 0.25) is 11.4 Å². The number of ether oxygens (including phenoxy) is 1. The molecule has 0 aliphatic carbocycles. The molecule has 14 nitrogen and oxygen atoms in total. The first-order valence-corrected chi connectivity index (χ1v) is 14.5. The minimum Gasteiger partial charge on any atom is -0.489 e. The molecular formula is C31H29F6N5O9. The van der Waals surface area contributed by atoms with Crippen LogP contribution in [0.4, 0.5) is 31.1 Å². The van der Waals surface area contributed by atoms with Crippen molar-refractivity contribution < 1.29 is 70.1 Å². The molecule has 5 amide bonds. The van der Waals surface area contributed by atoms with Gasteiger partial charge in [0, 0.05) is 49.7 Å². The van der Waals surface area contributed by atoms with Crippen molar-refractivity contribution >= 4 is 46.6 Å². The van der Waals surface area contributed by atoms with Crippen LogP contribution in [-0.4, -0.2) is 99.2 Å². The Balaban J connectivity index is 0.000000424. The molecule has 0 atom stereocenters. The van der Waals surface area contributed by atoms with Gasteiger partial charge in [0.15, 0.2) is 0 Å². The Morgan fingerprint density at radius 3 is 1.80 bits per heavy atom. The highest BCUT2D eigenvalue weighted by Crippen LogP contribution is 2.34. The van der Waals surface area contributed by atoms with Crippen molar-refractivity contribution in [2.24, 2.45) is 0 Å². The molecule has 0 radical (unpaired) electrons. The zero-order valence-electron chi connectivity index (χ0n) is 26.6. The number of hydrogen-bond donors (Lipinski definition) is 4. The smallest absolute Gasteiger partial charge is 0.489 e. The summed E-state index contributed by atoms with van der Waals surface area (Å²) in [5, 5.41) is 19.7. The number of alkyl halides is 6. The molecule has 5 rings (SSSR count). The number of aliphatic carboxylic acids is 2. The van der Waals surface area contributed by atoms with Gasteiger partial charge in [-0.2, -0.15) is 26.3 Å². The average molecular weight is 730 g/mol. The molecule has 274 valence electrons. The normalized spacial score (nSPS) is 16.1. The van der Waals surface area contributed by atoms with Crippen LogP contribution >= 0.6 is 0 Å². The van der Waals surface area contributed by atoms with Gasteiger partial charge in [-0.1, -0.05) is 30.3 Å². The van der Waals surface area contributed by atoms with E-state index in [1.54, 1.807) is 34.1 Å². The summed E-state index contributed by atoms with van der Waals surface area (Å²) < 4.78 is 69.5. The number of carboxylic acids is 2. The molecule has 20 heteroatoms. The third-order valence-electron chi connectivity index (χ3n) is 7.39. The largest absolute Gasteiger partial charge is 0.490 e. The second-order valence-electron chi connectivity index (χ2n) is 10.8. The molecule has 3 heterocycles. The fraction of sp³-hybridized carbons (Fsp3) is 0.323. The summed E-state index contributed by atoms with van der Waals surface area (Å²) in [6, 6.07) is 15.7. The highest BCUT2D eigenvalue weighted by Gasteiger charge is 2.56. The summed E-state index contributed by atoms with van der Waals surface area (Å²) in [6.07, 6.45) is -10.2. The van der Waals surface area contributed by atoms with Gasteiger partial charge in [-0.25, -0.2) is 14.4 Å². The summed E-state index contributed by atoms with van der Waals surface area (Å²) in [5.74, 6) is -6.46. The Morgan fingerprint density at radius 1 is 0.843 bits per heavy atom. The van der Waals surface area contributed by atoms with Crippen LogP contribution in [0.5, 0.6) is 5.75 Å². The van der Waals surface area contributed by atoms with E-state index in [2.05, 4.69) is 15.6 Å². The summed E-state index contributed by atoms with van der Waals surface area (Å²) in [5.41, 5.74) is 1.45. The van der Waals surface area contributed by atoms with Gasteiger partial charge in [0.05, 0.1) is 5.52 Å². The van der Waals surface area contributed by atoms with E-state index in [0.717, 1.165) is 22.2 Å². The van der Waals surface area contributed by atoms with E-state index in [9.17, 15) is 45.5 Å². The van der Waals surface area contributed by atoms with Crippen LogP contribution in [0, 0.1) is 6.92 Å². The van der Waals surface area contributed by atoms with Crippen LogP contribution in [0.15, 0.2) is 54.6 Å². The molecule has 0 bridgehead atoms. The van der Waals surface area contributed by atoms with Crippen molar-refractivity contribution in [2.45, 2.75) is 38.3 Å². The lowest BCUT2D eigenvalue weighted by Gasteiger charge is -2.46. The number of piperazine rings is 1. The lowest BCUT2D eigenvalue weighted by molar-refractivity contribution is -0.193. The van der Waals surface area contributed by atoms with Gasteiger partial charge in [0.25, 0.3) is 11.8 Å². The number of carbonyl (C=O) groups excluding carboxylic acids is 4. The Kier molecular flexibility index (Phi) is 12.3. The van der Waals surface area contributed by atoms with Gasteiger partial charge in [0.1, 0.15) is 12.4 Å². The first kappa shape index (κ1) is 39.6. The zero-order chi connectivity index (χ0) is 38.3. The highest BCUT2D eigenvalue weighted by atomic mass is 19.4. The lowest BCUT2D eigenvalue weighted by Crippen LogP contribution is -2.73. The zero-order valence-corrected chi connectivity index (χ0v) is 26.6. The number of rotatable bonds is 5. The molecule has 2 fully saturated rings. The van der Waals surface area contributed by atoms with Crippen molar-refractivity contribution in [2.75, 3.05) is 26.2 Å². The van der Waals surface area contributed by atoms with Gasteiger partial charge in [-0.05, 0) is 36.8 Å². The minimum atomic E-state index is -5.08. The fourth-order valence-electron chi connectivity index (χ4n) is 5.08. The summed E-state index contributed by atoms with van der Waals surface area (Å²) in [4.78, 5) is 75.9. The molecule has 2 aliphatic heterocycles. The van der Waals surface area contributed by atoms with Crippen LogP contribution in [0.25, 0.3) is 10.9 Å². The molecule has 4 N–H and O–H groups in total. The summed E-state index contributed by atoms with van der Waals surface area (Å²) in [6.45, 7) is 5.06. The number of nitrogens with zero attached hydrogens (tertiary/aromatic N) is 3. The van der Waals surface area contributed by atoms with E-state index >= 15 is 0 Å². The number of amides is 5. The molecule has 1 aromatic heterocycles. The number of aryl methyl sites for hydroxylation is 1. The molecule has 0 unspecified atom stereocenters. The Labute approximate surface area is 284 Å². The third-order valence-corrected chi connectivity index (χ3v) is 7.39. The molecule has 2 aliphatic rings. The van der Waals surface area contributed by atoms with Crippen LogP contribution in [-0.2, 0) is 36.1 Å². The Morgan fingerprint density at radius 2 is 1.33 bits per heavy atom. The van der Waals surface area contributed by atoms with Crippen molar-refractivity contribution in [3.8, 4) is 5.75 Å². The number of pyridine rings is 1. The van der Waals surface area contributed by atoms with Crippen molar-refractivity contribution in [3.63, 3.8) is 0 Å². The SMILES string of the molecule is CC(=O)N1CCN(C2(c3ccc(OCc4cc(C)nc5ccccc45)cc3)C(=O)NC(=O)NC2=O)CC1.O=C(O)C(F)(F)F.O=C(O)C(F)(F)F. The number of aromatic nitrogens is 1. The molecule has 2 saturated heterocycles. The number of hydrogen-bond acceptors (Lipinski definition) is 9. The number of carboxylic acid groups (broad SMARTS) is 2. The first-order chi connectivity index (χ1) is 23.7. The number of carbonyl (C=O) groups is 6. The first-order valence-electron chi connectivity index (χ1n) is 14.5. The van der Waals surface area contributed by atoms with E-state index in [1.165, 1.54) is 6.92 Å². The maximum atomic E-state index is 13.3. The quantitative estimate of drug-likeness (QED) is 0.223. The van der Waals surface area contributed by atoms with Crippen LogP contribution in [0.2, 0.25) is 0 Å². The number of halogens is 6. The van der Waals surface area contributed by atoms with Crippen LogP contribution in [0.3, 0.4) is 0 Å². The van der Waals surface area contributed by atoms with Crippen molar-refractivity contribution in [3.05, 3.63) is 71.4 Å². The van der Waals surface area contributed by atoms with E-state index in [-0.39, 0.29) is 5.91 Å². The number of imide groups is 2. The van der Waals surface area contributed by atoms with Crippen LogP contribution < -0.4 is 15.4 Å². The second kappa shape index (κ2) is 15.8. The molecule has 3 aromatic rings. The predicted octanol–water partition coefficient (Wildman–Crippen LogP) is 3.11. The predicted molar refractivity (Wildman–Crippen MR) is 162 cm³/mol. The number of para-hydroxylation sites is 1. The van der Waals surface area contributed by atoms with Crippen LogP contribution in [0.1, 0.15) is 23.7 Å². The third kappa shape index (κ3) is 9.68. The van der Waals surface area contributed by atoms with Crippen molar-refractivity contribution in [1.82, 2.24) is 25.4 Å². The molecule has 51 heavy (non-hydrogen) atoms. The Bertz CT molecular complexity index is 1760. The fourth-order valence-corrected chi connectivity index (χ4v) is 5.08. The number of nitrogens with one attached hydrogen (secondary N) is 2. The van der Waals surface area contributed by atoms with E-state index in [1.807, 2.05) is 37.3 Å². The van der Waals surface area contributed by atoms with E-state index in [0.29, 0.717) is 44.1 Å². The molecular weight excluding hydrogens is 700 g/mol. The van der Waals surface area contributed by atoms with E-state index in [4.69, 9.17) is 24.5 Å². The van der Waals surface area contributed by atoms with Gasteiger partial charge >= 0.3 is 30.3 Å². The second-order valence-corrected chi connectivity index (χ2v) is 10.8. The number of fused-ring (bicyclic) bond motifs is 1. The number of benzene rings is 2. The van der Waals surface area contributed by atoms with Gasteiger partial charge < -0.3 is 19.8 Å². The van der Waals surface area contributed by atoms with Gasteiger partial charge in [-0.3, -0.25) is 34.9 Å². The summed E-state index contributed by atoms with van der Waals surface area (Å²) >= 11 is 0. The molecule has 0 spiro atoms. The topological polar surface area (TPSA) is 196 Å². The maximum absolute atomic E-state index is 13.3.